The molecule has 5 nitrogen and oxygen atoms in total. The molecule has 2 heterocycles. The van der Waals surface area contributed by atoms with E-state index in [1.54, 1.807) is 0 Å². The van der Waals surface area contributed by atoms with Crippen LogP contribution in [-0.2, 0) is 16.4 Å². The lowest BCUT2D eigenvalue weighted by Crippen LogP contribution is -2.41. The lowest BCUT2D eigenvalue weighted by atomic mass is 10.2. The maximum Gasteiger partial charge on any atom is 0.238 e. The van der Waals surface area contributed by atoms with Crippen molar-refractivity contribution in [1.82, 2.24) is 10.3 Å². The minimum Gasteiger partial charge on any atom is -0.315 e. The molecular weight excluding hydrogens is 270 g/mol. The van der Waals surface area contributed by atoms with Crippen LogP contribution in [0, 0.1) is 6.92 Å². The van der Waals surface area contributed by atoms with Crippen molar-refractivity contribution in [3.8, 4) is 0 Å². The maximum atomic E-state index is 12.2. The smallest absolute Gasteiger partial charge is 0.238 e. The number of rotatable bonds is 4. The van der Waals surface area contributed by atoms with Crippen LogP contribution in [0.2, 0.25) is 0 Å². The predicted molar refractivity (Wildman–Crippen MR) is 74.7 cm³/mol. The van der Waals surface area contributed by atoms with E-state index in [4.69, 9.17) is 0 Å². The van der Waals surface area contributed by atoms with Gasteiger partial charge in [0.2, 0.25) is 10.0 Å². The number of thiazole rings is 1. The summed E-state index contributed by atoms with van der Waals surface area (Å²) in [4.78, 5) is 5.40. The highest BCUT2D eigenvalue weighted by atomic mass is 32.2. The van der Waals surface area contributed by atoms with Gasteiger partial charge in [0.05, 0.1) is 10.9 Å². The molecule has 1 aromatic heterocycles. The van der Waals surface area contributed by atoms with Crippen LogP contribution < -0.4 is 10.0 Å². The zero-order valence-corrected chi connectivity index (χ0v) is 12.3. The van der Waals surface area contributed by atoms with E-state index in [0.29, 0.717) is 18.1 Å². The molecule has 2 rings (SSSR count). The minimum absolute atomic E-state index is 0.347. The van der Waals surface area contributed by atoms with E-state index in [0.717, 1.165) is 30.0 Å². The molecule has 18 heavy (non-hydrogen) atoms. The van der Waals surface area contributed by atoms with E-state index in [2.05, 4.69) is 15.0 Å². The average molecular weight is 289 g/mol. The zero-order valence-electron chi connectivity index (χ0n) is 10.7. The predicted octanol–water partition coefficient (Wildman–Crippen LogP) is 1.51. The summed E-state index contributed by atoms with van der Waals surface area (Å²) in [6.07, 6.45) is 2.45. The van der Waals surface area contributed by atoms with Crippen LogP contribution in [0.5, 0.6) is 0 Å². The fraction of sp³-hybridized carbons (Fsp3) is 0.727. The SMILES string of the molecule is CCc1nc(NS(=O)(=O)C2CCCNC2)sc1C. The molecule has 0 spiro atoms. The van der Waals surface area contributed by atoms with Crippen molar-refractivity contribution in [3.05, 3.63) is 10.6 Å². The summed E-state index contributed by atoms with van der Waals surface area (Å²) in [5, 5.41) is 3.27. The van der Waals surface area contributed by atoms with Crippen LogP contribution in [0.4, 0.5) is 5.13 Å². The van der Waals surface area contributed by atoms with Gasteiger partial charge in [0, 0.05) is 11.4 Å². The van der Waals surface area contributed by atoms with Gasteiger partial charge in [0.15, 0.2) is 5.13 Å². The fourth-order valence-corrected chi connectivity index (χ4v) is 4.63. The van der Waals surface area contributed by atoms with Gasteiger partial charge in [-0.1, -0.05) is 6.92 Å². The van der Waals surface area contributed by atoms with Gasteiger partial charge in [-0.3, -0.25) is 4.72 Å². The fourth-order valence-electron chi connectivity index (χ4n) is 2.09. The summed E-state index contributed by atoms with van der Waals surface area (Å²) in [5.41, 5.74) is 0.972. The van der Waals surface area contributed by atoms with Crippen LogP contribution in [0.25, 0.3) is 0 Å². The van der Waals surface area contributed by atoms with Crippen molar-refractivity contribution in [2.45, 2.75) is 38.4 Å². The van der Waals surface area contributed by atoms with Crippen molar-refractivity contribution in [2.75, 3.05) is 17.8 Å². The summed E-state index contributed by atoms with van der Waals surface area (Å²) in [7, 11) is -3.31. The number of sulfonamides is 1. The lowest BCUT2D eigenvalue weighted by molar-refractivity contribution is 0.499. The molecule has 1 saturated heterocycles. The number of nitrogens with one attached hydrogen (secondary N) is 2. The summed E-state index contributed by atoms with van der Waals surface area (Å²) in [5.74, 6) is 0. The molecule has 0 aromatic carbocycles. The van der Waals surface area contributed by atoms with E-state index in [1.165, 1.54) is 11.3 Å². The molecule has 1 atom stereocenters. The third-order valence-electron chi connectivity index (χ3n) is 3.15. The highest BCUT2D eigenvalue weighted by Crippen LogP contribution is 2.24. The van der Waals surface area contributed by atoms with E-state index in [1.807, 2.05) is 13.8 Å². The molecule has 1 aromatic rings. The topological polar surface area (TPSA) is 71.1 Å². The number of nitrogens with zero attached hydrogens (tertiary/aromatic N) is 1. The molecule has 1 unspecified atom stereocenters. The Morgan fingerprint density at radius 3 is 2.89 bits per heavy atom. The van der Waals surface area contributed by atoms with Gasteiger partial charge in [-0.15, -0.1) is 11.3 Å². The Hall–Kier alpha value is -0.660. The highest BCUT2D eigenvalue weighted by molar-refractivity contribution is 7.93. The number of anilines is 1. The Morgan fingerprint density at radius 2 is 2.33 bits per heavy atom. The Bertz CT molecular complexity index is 504. The normalized spacial score (nSPS) is 20.9. The molecule has 0 bridgehead atoms. The standard InChI is InChI=1S/C11H19N3O2S2/c1-3-10-8(2)17-11(13-10)14-18(15,16)9-5-4-6-12-7-9/h9,12H,3-7H2,1-2H3,(H,13,14). The Balaban J connectivity index is 2.11. The van der Waals surface area contributed by atoms with Gasteiger partial charge < -0.3 is 5.32 Å². The van der Waals surface area contributed by atoms with Crippen molar-refractivity contribution < 1.29 is 8.42 Å². The Labute approximate surface area is 112 Å². The second kappa shape index (κ2) is 5.54. The van der Waals surface area contributed by atoms with Crippen LogP contribution in [-0.4, -0.2) is 31.7 Å². The second-order valence-corrected chi connectivity index (χ2v) is 7.65. The molecule has 0 amide bonds. The molecular formula is C11H19N3O2S2. The summed E-state index contributed by atoms with van der Waals surface area (Å²) in [6.45, 7) is 5.42. The molecule has 0 saturated carbocycles. The third-order valence-corrected chi connectivity index (χ3v) is 5.96. The number of hydrogen-bond acceptors (Lipinski definition) is 5. The lowest BCUT2D eigenvalue weighted by Gasteiger charge is -2.22. The maximum absolute atomic E-state index is 12.2. The van der Waals surface area contributed by atoms with E-state index in [-0.39, 0.29) is 5.25 Å². The number of aromatic nitrogens is 1. The number of piperidine rings is 1. The van der Waals surface area contributed by atoms with Gasteiger partial charge in [0.1, 0.15) is 0 Å². The summed E-state index contributed by atoms with van der Waals surface area (Å²) < 4.78 is 27.0. The second-order valence-electron chi connectivity index (χ2n) is 4.49. The molecule has 1 aliphatic heterocycles. The van der Waals surface area contributed by atoms with Gasteiger partial charge >= 0.3 is 0 Å². The molecule has 102 valence electrons. The van der Waals surface area contributed by atoms with Crippen molar-refractivity contribution in [1.29, 1.82) is 0 Å². The quantitative estimate of drug-likeness (QED) is 0.881. The average Bonchev–Trinajstić information content (AvgIpc) is 2.70. The van der Waals surface area contributed by atoms with E-state index >= 15 is 0 Å². The molecule has 1 fully saturated rings. The van der Waals surface area contributed by atoms with Crippen LogP contribution in [0.15, 0.2) is 0 Å². The van der Waals surface area contributed by atoms with Gasteiger partial charge in [0.25, 0.3) is 0 Å². The van der Waals surface area contributed by atoms with E-state index < -0.39 is 10.0 Å². The van der Waals surface area contributed by atoms with Crippen LogP contribution in [0.1, 0.15) is 30.3 Å². The summed E-state index contributed by atoms with van der Waals surface area (Å²) in [6, 6.07) is 0. The highest BCUT2D eigenvalue weighted by Gasteiger charge is 2.28. The number of aryl methyl sites for hydroxylation is 2. The monoisotopic (exact) mass is 289 g/mol. The zero-order chi connectivity index (χ0) is 13.2. The van der Waals surface area contributed by atoms with Gasteiger partial charge in [-0.05, 0) is 32.7 Å². The molecule has 7 heteroatoms. The van der Waals surface area contributed by atoms with Gasteiger partial charge in [-0.25, -0.2) is 13.4 Å². The minimum atomic E-state index is -3.31. The largest absolute Gasteiger partial charge is 0.315 e. The van der Waals surface area contributed by atoms with E-state index in [9.17, 15) is 8.42 Å². The van der Waals surface area contributed by atoms with Crippen molar-refractivity contribution in [3.63, 3.8) is 0 Å². The van der Waals surface area contributed by atoms with Crippen LogP contribution >= 0.6 is 11.3 Å². The first-order chi connectivity index (χ1) is 8.53. The number of hydrogen-bond donors (Lipinski definition) is 2. The van der Waals surface area contributed by atoms with Crippen LogP contribution in [0.3, 0.4) is 0 Å². The first kappa shape index (κ1) is 13.8. The summed E-state index contributed by atoms with van der Waals surface area (Å²) >= 11 is 1.41. The first-order valence-corrected chi connectivity index (χ1v) is 8.58. The Kier molecular flexibility index (Phi) is 4.24. The molecule has 0 radical (unpaired) electrons. The van der Waals surface area contributed by atoms with Crippen molar-refractivity contribution >= 4 is 26.5 Å². The first-order valence-electron chi connectivity index (χ1n) is 6.21. The van der Waals surface area contributed by atoms with Gasteiger partial charge in [-0.2, -0.15) is 0 Å². The Morgan fingerprint density at radius 1 is 1.56 bits per heavy atom. The molecule has 2 N–H and O–H groups in total. The van der Waals surface area contributed by atoms with Crippen molar-refractivity contribution in [2.24, 2.45) is 0 Å². The molecule has 1 aliphatic rings. The third kappa shape index (κ3) is 3.02. The molecule has 0 aliphatic carbocycles.